The average molecular weight is 367 g/mol. The zero-order valence-corrected chi connectivity index (χ0v) is 16.4. The number of rotatable bonds is 4. The van der Waals surface area contributed by atoms with Crippen molar-refractivity contribution in [2.24, 2.45) is 18.0 Å². The molecule has 2 unspecified atom stereocenters. The summed E-state index contributed by atoms with van der Waals surface area (Å²) >= 11 is 0. The van der Waals surface area contributed by atoms with E-state index in [-0.39, 0.29) is 0 Å². The number of anilines is 1. The first-order valence-corrected chi connectivity index (χ1v) is 9.97. The Kier molecular flexibility index (Phi) is 5.32. The highest BCUT2D eigenvalue weighted by atomic mass is 15.3. The molecule has 1 aromatic carbocycles. The largest absolute Gasteiger partial charge is 0.371 e. The van der Waals surface area contributed by atoms with E-state index in [9.17, 15) is 0 Å². The quantitative estimate of drug-likeness (QED) is 0.666. The number of aliphatic imine (C=N–C) groups is 1. The van der Waals surface area contributed by atoms with Crippen LogP contribution in [-0.4, -0.2) is 60.4 Å². The minimum Gasteiger partial charge on any atom is -0.371 e. The van der Waals surface area contributed by atoms with Crippen molar-refractivity contribution in [3.63, 3.8) is 0 Å². The van der Waals surface area contributed by atoms with E-state index in [1.807, 2.05) is 25.0 Å². The second-order valence-corrected chi connectivity index (χ2v) is 7.74. The van der Waals surface area contributed by atoms with Crippen LogP contribution in [0.2, 0.25) is 0 Å². The van der Waals surface area contributed by atoms with E-state index in [0.717, 1.165) is 45.1 Å². The number of hydrogen-bond donors (Lipinski definition) is 1. The third kappa shape index (κ3) is 4.10. The minimum absolute atomic E-state index is 0.553. The van der Waals surface area contributed by atoms with Gasteiger partial charge in [-0.05, 0) is 36.5 Å². The lowest BCUT2D eigenvalue weighted by molar-refractivity contribution is 0.470. The molecule has 4 rings (SSSR count). The molecule has 6 heteroatoms. The van der Waals surface area contributed by atoms with Gasteiger partial charge in [-0.2, -0.15) is 5.10 Å². The summed E-state index contributed by atoms with van der Waals surface area (Å²) < 4.78 is 1.89. The Balaban J connectivity index is 1.28. The fraction of sp³-hybridized carbons (Fsp3) is 0.524. The number of para-hydroxylation sites is 1. The highest BCUT2D eigenvalue weighted by molar-refractivity contribution is 5.80. The van der Waals surface area contributed by atoms with Crippen molar-refractivity contribution in [2.45, 2.75) is 18.8 Å². The molecule has 2 aliphatic heterocycles. The van der Waals surface area contributed by atoms with Gasteiger partial charge in [0.15, 0.2) is 5.96 Å². The van der Waals surface area contributed by atoms with Crippen molar-refractivity contribution in [1.29, 1.82) is 0 Å². The third-order valence-corrected chi connectivity index (χ3v) is 5.85. The van der Waals surface area contributed by atoms with Gasteiger partial charge in [-0.1, -0.05) is 18.2 Å². The lowest BCUT2D eigenvalue weighted by Crippen LogP contribution is -2.42. The van der Waals surface area contributed by atoms with Gasteiger partial charge in [0.05, 0.1) is 6.20 Å². The number of hydrogen-bond acceptors (Lipinski definition) is 3. The number of benzene rings is 1. The molecule has 2 fully saturated rings. The van der Waals surface area contributed by atoms with E-state index < -0.39 is 0 Å². The molecule has 2 atom stereocenters. The van der Waals surface area contributed by atoms with Crippen LogP contribution in [0.4, 0.5) is 5.69 Å². The maximum Gasteiger partial charge on any atom is 0.193 e. The van der Waals surface area contributed by atoms with E-state index in [4.69, 9.17) is 0 Å². The zero-order chi connectivity index (χ0) is 18.6. The summed E-state index contributed by atoms with van der Waals surface area (Å²) in [6.45, 7) is 5.32. The number of aromatic nitrogens is 2. The van der Waals surface area contributed by atoms with Crippen LogP contribution in [0.3, 0.4) is 0 Å². The number of likely N-dealkylation sites (tertiary alicyclic amines) is 1. The van der Waals surface area contributed by atoms with Crippen LogP contribution in [0.25, 0.3) is 0 Å². The van der Waals surface area contributed by atoms with Crippen LogP contribution < -0.4 is 10.2 Å². The van der Waals surface area contributed by atoms with E-state index in [0.29, 0.717) is 11.8 Å². The molecule has 2 aromatic rings. The van der Waals surface area contributed by atoms with Crippen molar-refractivity contribution in [2.75, 3.05) is 44.7 Å². The van der Waals surface area contributed by atoms with Crippen LogP contribution in [-0.2, 0) is 7.05 Å². The maximum absolute atomic E-state index is 4.54. The fourth-order valence-electron chi connectivity index (χ4n) is 4.32. The van der Waals surface area contributed by atoms with Gasteiger partial charge in [0.25, 0.3) is 0 Å². The van der Waals surface area contributed by atoms with E-state index in [2.05, 4.69) is 61.7 Å². The Hall–Kier alpha value is -2.50. The molecule has 0 radical (unpaired) electrons. The van der Waals surface area contributed by atoms with Crippen LogP contribution in [0.1, 0.15) is 24.3 Å². The SMILES string of the molecule is CN=C(NCC1CCN(c2ccccc2)C1)N1CCC(c2cnn(C)c2)C1. The van der Waals surface area contributed by atoms with Gasteiger partial charge in [0.1, 0.15) is 0 Å². The van der Waals surface area contributed by atoms with Gasteiger partial charge in [0, 0.05) is 64.6 Å². The molecule has 2 saturated heterocycles. The molecule has 144 valence electrons. The van der Waals surface area contributed by atoms with Crippen LogP contribution in [0, 0.1) is 5.92 Å². The second kappa shape index (κ2) is 8.03. The number of aryl methyl sites for hydroxylation is 1. The summed E-state index contributed by atoms with van der Waals surface area (Å²) in [7, 11) is 3.88. The Labute approximate surface area is 161 Å². The van der Waals surface area contributed by atoms with E-state index in [1.54, 1.807) is 0 Å². The molecule has 0 spiro atoms. The molecule has 1 aromatic heterocycles. The molecule has 0 amide bonds. The summed E-state index contributed by atoms with van der Waals surface area (Å²) in [4.78, 5) is 9.42. The fourth-order valence-corrected chi connectivity index (χ4v) is 4.32. The first kappa shape index (κ1) is 17.9. The van der Waals surface area contributed by atoms with Crippen molar-refractivity contribution < 1.29 is 0 Å². The Morgan fingerprint density at radius 1 is 1.19 bits per heavy atom. The first-order chi connectivity index (χ1) is 13.2. The predicted molar refractivity (Wildman–Crippen MR) is 110 cm³/mol. The van der Waals surface area contributed by atoms with Gasteiger partial charge in [-0.15, -0.1) is 0 Å². The molecular formula is C21H30N6. The summed E-state index contributed by atoms with van der Waals surface area (Å²) in [5.74, 6) is 2.26. The molecule has 0 aliphatic carbocycles. The maximum atomic E-state index is 4.54. The summed E-state index contributed by atoms with van der Waals surface area (Å²) in [5.41, 5.74) is 2.67. The van der Waals surface area contributed by atoms with Crippen LogP contribution >= 0.6 is 0 Å². The Morgan fingerprint density at radius 2 is 2.04 bits per heavy atom. The van der Waals surface area contributed by atoms with Crippen molar-refractivity contribution >= 4 is 11.6 Å². The van der Waals surface area contributed by atoms with Crippen molar-refractivity contribution in [1.82, 2.24) is 20.0 Å². The third-order valence-electron chi connectivity index (χ3n) is 5.85. The van der Waals surface area contributed by atoms with Gasteiger partial charge >= 0.3 is 0 Å². The normalized spacial score (nSPS) is 23.3. The molecule has 27 heavy (non-hydrogen) atoms. The van der Waals surface area contributed by atoms with Gasteiger partial charge in [-0.3, -0.25) is 9.67 Å². The van der Waals surface area contributed by atoms with Gasteiger partial charge in [-0.25, -0.2) is 0 Å². The second-order valence-electron chi connectivity index (χ2n) is 7.74. The lowest BCUT2D eigenvalue weighted by atomic mass is 10.0. The Bertz CT molecular complexity index is 768. The van der Waals surface area contributed by atoms with Crippen molar-refractivity contribution in [3.05, 3.63) is 48.3 Å². The number of nitrogens with one attached hydrogen (secondary N) is 1. The standard InChI is InChI=1S/C21H30N6/c1-22-21(27-11-9-18(16-27)19-13-24-25(2)15-19)23-12-17-8-10-26(14-17)20-6-4-3-5-7-20/h3-7,13,15,17-18H,8-12,14,16H2,1-2H3,(H,22,23). The molecule has 3 heterocycles. The lowest BCUT2D eigenvalue weighted by Gasteiger charge is -2.23. The monoisotopic (exact) mass is 366 g/mol. The topological polar surface area (TPSA) is 48.7 Å². The summed E-state index contributed by atoms with van der Waals surface area (Å²) in [5, 5.41) is 7.95. The molecule has 0 bridgehead atoms. The predicted octanol–water partition coefficient (Wildman–Crippen LogP) is 2.31. The van der Waals surface area contributed by atoms with Crippen LogP contribution in [0.5, 0.6) is 0 Å². The number of guanidine groups is 1. The van der Waals surface area contributed by atoms with Crippen LogP contribution in [0.15, 0.2) is 47.7 Å². The summed E-state index contributed by atoms with van der Waals surface area (Å²) in [6.07, 6.45) is 6.54. The number of nitrogens with zero attached hydrogens (tertiary/aromatic N) is 5. The average Bonchev–Trinajstić information content (AvgIpc) is 3.44. The summed E-state index contributed by atoms with van der Waals surface area (Å²) in [6, 6.07) is 10.7. The molecular weight excluding hydrogens is 336 g/mol. The zero-order valence-electron chi connectivity index (χ0n) is 16.4. The van der Waals surface area contributed by atoms with Gasteiger partial charge < -0.3 is 15.1 Å². The molecule has 1 N–H and O–H groups in total. The Morgan fingerprint density at radius 3 is 2.78 bits per heavy atom. The molecule has 6 nitrogen and oxygen atoms in total. The highest BCUT2D eigenvalue weighted by Crippen LogP contribution is 2.27. The van der Waals surface area contributed by atoms with Gasteiger partial charge in [0.2, 0.25) is 0 Å². The van der Waals surface area contributed by atoms with E-state index >= 15 is 0 Å². The highest BCUT2D eigenvalue weighted by Gasteiger charge is 2.28. The molecule has 2 aliphatic rings. The minimum atomic E-state index is 0.553. The van der Waals surface area contributed by atoms with E-state index in [1.165, 1.54) is 17.7 Å². The smallest absolute Gasteiger partial charge is 0.193 e. The molecule has 0 saturated carbocycles. The first-order valence-electron chi connectivity index (χ1n) is 9.97. The van der Waals surface area contributed by atoms with Crippen molar-refractivity contribution in [3.8, 4) is 0 Å².